The van der Waals surface area contributed by atoms with E-state index < -0.39 is 0 Å². The van der Waals surface area contributed by atoms with Crippen molar-refractivity contribution >= 4 is 0 Å². The number of aromatic nitrogens is 3. The first-order chi connectivity index (χ1) is 10.4. The summed E-state index contributed by atoms with van der Waals surface area (Å²) in [5, 5.41) is 7.34. The van der Waals surface area contributed by atoms with Crippen LogP contribution in [0.5, 0.6) is 0 Å². The number of H-pyrrole nitrogens is 1. The molecule has 1 aromatic carbocycles. The summed E-state index contributed by atoms with van der Waals surface area (Å²) in [6.07, 6.45) is 11.9. The molecule has 3 heteroatoms. The zero-order chi connectivity index (χ0) is 14.8. The minimum absolute atomic E-state index is 0.801. The van der Waals surface area contributed by atoms with Gasteiger partial charge in [-0.3, -0.25) is 5.10 Å². The van der Waals surface area contributed by atoms with E-state index in [1.807, 2.05) is 36.4 Å². The summed E-state index contributed by atoms with van der Waals surface area (Å²) in [6, 6.07) is 10.1. The molecule has 0 bridgehead atoms. The Morgan fingerprint density at radius 1 is 0.952 bits per heavy atom. The minimum Gasteiger partial charge on any atom is -0.263 e. The Balaban J connectivity index is 1.63. The van der Waals surface area contributed by atoms with Crippen LogP contribution in [0, 0.1) is 0 Å². The van der Waals surface area contributed by atoms with E-state index in [2.05, 4.69) is 21.8 Å². The van der Waals surface area contributed by atoms with Gasteiger partial charge in [0.25, 0.3) is 0 Å². The van der Waals surface area contributed by atoms with Crippen molar-refractivity contribution in [3.05, 3.63) is 48.8 Å². The lowest BCUT2D eigenvalue weighted by Crippen LogP contribution is -1.89. The Kier molecular flexibility index (Phi) is 6.72. The highest BCUT2D eigenvalue weighted by atomic mass is 15.2. The maximum absolute atomic E-state index is 4.56. The lowest BCUT2D eigenvalue weighted by molar-refractivity contribution is 0.592. The van der Waals surface area contributed by atoms with Gasteiger partial charge in [-0.1, -0.05) is 62.1 Å². The fourth-order valence-corrected chi connectivity index (χ4v) is 2.41. The molecule has 1 aromatic heterocycles. The van der Waals surface area contributed by atoms with Gasteiger partial charge < -0.3 is 0 Å². The molecule has 3 nitrogen and oxygen atoms in total. The van der Waals surface area contributed by atoms with Gasteiger partial charge in [-0.15, -0.1) is 6.58 Å². The van der Waals surface area contributed by atoms with Crippen LogP contribution in [0.2, 0.25) is 0 Å². The van der Waals surface area contributed by atoms with E-state index in [0.29, 0.717) is 0 Å². The van der Waals surface area contributed by atoms with Gasteiger partial charge in [-0.05, 0) is 19.3 Å². The molecule has 0 radical (unpaired) electrons. The number of rotatable bonds is 10. The summed E-state index contributed by atoms with van der Waals surface area (Å²) in [5.41, 5.74) is 1.07. The molecule has 21 heavy (non-hydrogen) atoms. The zero-order valence-corrected chi connectivity index (χ0v) is 12.7. The maximum Gasteiger partial charge on any atom is 0.181 e. The summed E-state index contributed by atoms with van der Waals surface area (Å²) >= 11 is 0. The molecule has 0 amide bonds. The summed E-state index contributed by atoms with van der Waals surface area (Å²) in [6.45, 7) is 3.75. The first-order valence-corrected chi connectivity index (χ1v) is 7.98. The van der Waals surface area contributed by atoms with Crippen LogP contribution >= 0.6 is 0 Å². The highest BCUT2D eigenvalue weighted by Crippen LogP contribution is 2.14. The number of aryl methyl sites for hydroxylation is 1. The number of hydrogen-bond donors (Lipinski definition) is 1. The van der Waals surface area contributed by atoms with Gasteiger partial charge >= 0.3 is 0 Å². The summed E-state index contributed by atoms with van der Waals surface area (Å²) < 4.78 is 0. The van der Waals surface area contributed by atoms with Gasteiger partial charge in [0.2, 0.25) is 0 Å². The Hall–Kier alpha value is -1.90. The van der Waals surface area contributed by atoms with E-state index >= 15 is 0 Å². The van der Waals surface area contributed by atoms with Crippen LogP contribution in [0.25, 0.3) is 11.4 Å². The molecule has 0 fully saturated rings. The first kappa shape index (κ1) is 15.5. The van der Waals surface area contributed by atoms with E-state index in [0.717, 1.165) is 30.1 Å². The van der Waals surface area contributed by atoms with Crippen molar-refractivity contribution in [3.8, 4) is 11.4 Å². The SMILES string of the molecule is C=CCCCCCCCCc1nc(-c2ccccc2)n[nH]1. The third-order valence-electron chi connectivity index (χ3n) is 3.64. The van der Waals surface area contributed by atoms with E-state index in [1.54, 1.807) is 0 Å². The highest BCUT2D eigenvalue weighted by molar-refractivity contribution is 5.53. The number of benzene rings is 1. The molecular weight excluding hydrogens is 258 g/mol. The van der Waals surface area contributed by atoms with Crippen LogP contribution in [0.15, 0.2) is 43.0 Å². The number of nitrogens with zero attached hydrogens (tertiary/aromatic N) is 2. The van der Waals surface area contributed by atoms with Crippen LogP contribution in [0.1, 0.15) is 50.8 Å². The quantitative estimate of drug-likeness (QED) is 0.496. The van der Waals surface area contributed by atoms with Crippen LogP contribution in [0.4, 0.5) is 0 Å². The minimum atomic E-state index is 0.801. The van der Waals surface area contributed by atoms with Gasteiger partial charge in [-0.25, -0.2) is 4.98 Å². The summed E-state index contributed by atoms with van der Waals surface area (Å²) in [5.74, 6) is 1.80. The van der Waals surface area contributed by atoms with Gasteiger partial charge in [0, 0.05) is 12.0 Å². The molecule has 2 aromatic rings. The number of nitrogens with one attached hydrogen (secondary N) is 1. The van der Waals surface area contributed by atoms with Crippen molar-refractivity contribution < 1.29 is 0 Å². The topological polar surface area (TPSA) is 41.6 Å². The zero-order valence-electron chi connectivity index (χ0n) is 12.7. The first-order valence-electron chi connectivity index (χ1n) is 7.98. The molecule has 0 aliphatic heterocycles. The average molecular weight is 283 g/mol. The molecule has 0 saturated carbocycles. The largest absolute Gasteiger partial charge is 0.263 e. The molecular formula is C18H25N3. The van der Waals surface area contributed by atoms with Crippen LogP contribution in [0.3, 0.4) is 0 Å². The summed E-state index contributed by atoms with van der Waals surface area (Å²) in [7, 11) is 0. The molecule has 0 atom stereocenters. The Bertz CT molecular complexity index is 516. The van der Waals surface area contributed by atoms with Gasteiger partial charge in [0.1, 0.15) is 5.82 Å². The number of unbranched alkanes of at least 4 members (excludes halogenated alkanes) is 6. The van der Waals surface area contributed by atoms with Crippen molar-refractivity contribution in [3.63, 3.8) is 0 Å². The van der Waals surface area contributed by atoms with Crippen LogP contribution < -0.4 is 0 Å². The van der Waals surface area contributed by atoms with Crippen molar-refractivity contribution in [1.29, 1.82) is 0 Å². The second kappa shape index (κ2) is 9.11. The predicted molar refractivity (Wildman–Crippen MR) is 88.0 cm³/mol. The second-order valence-corrected chi connectivity index (χ2v) is 5.42. The van der Waals surface area contributed by atoms with Crippen molar-refractivity contribution in [1.82, 2.24) is 15.2 Å². The van der Waals surface area contributed by atoms with Gasteiger partial charge in [-0.2, -0.15) is 5.10 Å². The van der Waals surface area contributed by atoms with Crippen molar-refractivity contribution in [2.45, 2.75) is 51.4 Å². The molecule has 0 saturated heterocycles. The molecule has 2 rings (SSSR count). The second-order valence-electron chi connectivity index (χ2n) is 5.42. The maximum atomic E-state index is 4.56. The fourth-order valence-electron chi connectivity index (χ4n) is 2.41. The van der Waals surface area contributed by atoms with Gasteiger partial charge in [0.15, 0.2) is 5.82 Å². The molecule has 112 valence electrons. The smallest absolute Gasteiger partial charge is 0.181 e. The number of hydrogen-bond acceptors (Lipinski definition) is 2. The molecule has 0 aliphatic rings. The van der Waals surface area contributed by atoms with Gasteiger partial charge in [0.05, 0.1) is 0 Å². The highest BCUT2D eigenvalue weighted by Gasteiger charge is 2.04. The third-order valence-corrected chi connectivity index (χ3v) is 3.64. The normalized spacial score (nSPS) is 10.7. The van der Waals surface area contributed by atoms with Crippen LogP contribution in [-0.2, 0) is 6.42 Å². The van der Waals surface area contributed by atoms with Crippen LogP contribution in [-0.4, -0.2) is 15.2 Å². The molecule has 1 heterocycles. The molecule has 0 aliphatic carbocycles. The lowest BCUT2D eigenvalue weighted by atomic mass is 10.1. The van der Waals surface area contributed by atoms with E-state index in [9.17, 15) is 0 Å². The van der Waals surface area contributed by atoms with Crippen molar-refractivity contribution in [2.75, 3.05) is 0 Å². The summed E-state index contributed by atoms with van der Waals surface area (Å²) in [4.78, 5) is 4.56. The third kappa shape index (κ3) is 5.54. The van der Waals surface area contributed by atoms with E-state index in [1.165, 1.54) is 38.5 Å². The standard InChI is InChI=1S/C18H25N3/c1-2-3-4-5-6-7-8-12-15-17-19-18(21-20-17)16-13-10-9-11-14-16/h2,9-11,13-14H,1,3-8,12,15H2,(H,19,20,21). The Labute approximate surface area is 127 Å². The Morgan fingerprint density at radius 3 is 2.43 bits per heavy atom. The Morgan fingerprint density at radius 2 is 1.67 bits per heavy atom. The molecule has 0 spiro atoms. The van der Waals surface area contributed by atoms with E-state index in [4.69, 9.17) is 0 Å². The fraction of sp³-hybridized carbons (Fsp3) is 0.444. The average Bonchev–Trinajstić information content (AvgIpc) is 3.00. The molecule has 1 N–H and O–H groups in total. The van der Waals surface area contributed by atoms with E-state index in [-0.39, 0.29) is 0 Å². The molecule has 0 unspecified atom stereocenters. The number of allylic oxidation sites excluding steroid dienone is 1. The predicted octanol–water partition coefficient (Wildman–Crippen LogP) is 4.93. The monoisotopic (exact) mass is 283 g/mol. The number of aromatic amines is 1. The lowest BCUT2D eigenvalue weighted by Gasteiger charge is -1.99. The van der Waals surface area contributed by atoms with Crippen molar-refractivity contribution in [2.24, 2.45) is 0 Å².